The molecule has 2 unspecified atom stereocenters. The first-order valence-electron chi connectivity index (χ1n) is 12.5. The minimum Gasteiger partial charge on any atom is -0.378 e. The van der Waals surface area contributed by atoms with E-state index in [1.54, 1.807) is 0 Å². The number of aryl methyl sites for hydroxylation is 1. The first-order valence-corrected chi connectivity index (χ1v) is 12.5. The largest absolute Gasteiger partial charge is 0.378 e. The third-order valence-corrected chi connectivity index (χ3v) is 8.66. The molecule has 4 heterocycles. The molecule has 2 aromatic rings. The van der Waals surface area contributed by atoms with Gasteiger partial charge in [-0.15, -0.1) is 0 Å². The SMILES string of the molecule is CCc1cccc2c1-n1nc3c(c1C1C=CC4(C)NC=CC4=C21)CN(C1CCCC1)CC3. The van der Waals surface area contributed by atoms with E-state index < -0.39 is 0 Å². The zero-order chi connectivity index (χ0) is 21.4. The molecule has 5 aliphatic rings. The highest BCUT2D eigenvalue weighted by atomic mass is 15.3. The van der Waals surface area contributed by atoms with Crippen molar-refractivity contribution < 1.29 is 0 Å². The number of nitrogens with one attached hydrogen (secondary N) is 1. The number of hydrogen-bond donors (Lipinski definition) is 1. The average molecular weight is 425 g/mol. The van der Waals surface area contributed by atoms with Gasteiger partial charge in [-0.1, -0.05) is 50.1 Å². The molecule has 0 spiro atoms. The van der Waals surface area contributed by atoms with Crippen LogP contribution in [0, 0.1) is 0 Å². The highest BCUT2D eigenvalue weighted by Gasteiger charge is 2.43. The Hall–Kier alpha value is -2.59. The van der Waals surface area contributed by atoms with Crippen molar-refractivity contribution >= 4 is 5.57 Å². The van der Waals surface area contributed by atoms with Crippen molar-refractivity contribution in [3.05, 3.63) is 76.3 Å². The highest BCUT2D eigenvalue weighted by Crippen LogP contribution is 2.52. The predicted octanol–water partition coefficient (Wildman–Crippen LogP) is 5.03. The normalized spacial score (nSPS) is 28.2. The highest BCUT2D eigenvalue weighted by molar-refractivity contribution is 5.88. The molecule has 7 rings (SSSR count). The van der Waals surface area contributed by atoms with Gasteiger partial charge in [0.25, 0.3) is 0 Å². The zero-order valence-corrected chi connectivity index (χ0v) is 19.2. The summed E-state index contributed by atoms with van der Waals surface area (Å²) >= 11 is 0. The molecule has 1 fully saturated rings. The van der Waals surface area contributed by atoms with Crippen molar-refractivity contribution in [2.75, 3.05) is 6.54 Å². The summed E-state index contributed by atoms with van der Waals surface area (Å²) in [5.41, 5.74) is 11.1. The van der Waals surface area contributed by atoms with E-state index >= 15 is 0 Å². The lowest BCUT2D eigenvalue weighted by Gasteiger charge is -2.38. The number of fused-ring (bicyclic) bond motifs is 9. The minimum atomic E-state index is -0.108. The molecule has 1 aromatic heterocycles. The molecule has 3 aliphatic heterocycles. The number of rotatable bonds is 2. The van der Waals surface area contributed by atoms with E-state index in [-0.39, 0.29) is 11.5 Å². The van der Waals surface area contributed by atoms with Gasteiger partial charge in [0.05, 0.1) is 22.6 Å². The van der Waals surface area contributed by atoms with E-state index in [4.69, 9.17) is 5.10 Å². The molecule has 0 saturated heterocycles. The second-order valence-corrected chi connectivity index (χ2v) is 10.4. The summed E-state index contributed by atoms with van der Waals surface area (Å²) in [6.07, 6.45) is 16.9. The minimum absolute atomic E-state index is 0.108. The van der Waals surface area contributed by atoms with Crippen LogP contribution in [0.15, 0.2) is 48.2 Å². The van der Waals surface area contributed by atoms with E-state index in [9.17, 15) is 0 Å². The monoisotopic (exact) mass is 424 g/mol. The van der Waals surface area contributed by atoms with Crippen molar-refractivity contribution in [3.8, 4) is 5.69 Å². The van der Waals surface area contributed by atoms with Crippen LogP contribution in [0.4, 0.5) is 0 Å². The number of nitrogens with zero attached hydrogens (tertiary/aromatic N) is 3. The van der Waals surface area contributed by atoms with Gasteiger partial charge in [-0.05, 0) is 55.2 Å². The molecular weight excluding hydrogens is 392 g/mol. The second-order valence-electron chi connectivity index (χ2n) is 10.4. The van der Waals surface area contributed by atoms with Crippen molar-refractivity contribution in [2.45, 2.75) is 76.4 Å². The Labute approximate surface area is 190 Å². The molecule has 0 amide bonds. The summed E-state index contributed by atoms with van der Waals surface area (Å²) in [7, 11) is 0. The van der Waals surface area contributed by atoms with Crippen LogP contribution < -0.4 is 5.32 Å². The third-order valence-electron chi connectivity index (χ3n) is 8.66. The first-order chi connectivity index (χ1) is 15.7. The summed E-state index contributed by atoms with van der Waals surface area (Å²) in [6, 6.07) is 7.62. The molecular formula is C28H32N4. The first kappa shape index (κ1) is 18.9. The Balaban J connectivity index is 1.46. The third kappa shape index (κ3) is 2.45. The molecule has 32 heavy (non-hydrogen) atoms. The van der Waals surface area contributed by atoms with Crippen LogP contribution in [0.2, 0.25) is 0 Å². The van der Waals surface area contributed by atoms with E-state index in [0.29, 0.717) is 0 Å². The molecule has 0 radical (unpaired) electrons. The number of benzene rings is 1. The Morgan fingerprint density at radius 2 is 2.09 bits per heavy atom. The quantitative estimate of drug-likeness (QED) is 0.687. The number of para-hydroxylation sites is 1. The van der Waals surface area contributed by atoms with Crippen LogP contribution in [-0.4, -0.2) is 32.8 Å². The molecule has 0 bridgehead atoms. The standard InChI is InChI=1S/C28H32N4/c1-3-18-7-6-10-20-25-21(11-14-28(2)23(25)12-15-29-28)27-22-17-31(19-8-4-5-9-19)16-13-24(22)30-32(27)26(18)20/h6-7,10-12,14-15,19,21,29H,3-5,8-9,13,16-17H2,1-2H3. The average Bonchev–Trinajstić information content (AvgIpc) is 3.55. The summed E-state index contributed by atoms with van der Waals surface area (Å²) in [4.78, 5) is 2.76. The van der Waals surface area contributed by atoms with E-state index in [1.807, 2.05) is 0 Å². The molecule has 2 atom stereocenters. The fourth-order valence-corrected chi connectivity index (χ4v) is 6.98. The van der Waals surface area contributed by atoms with Crippen LogP contribution in [0.25, 0.3) is 11.3 Å². The lowest BCUT2D eigenvalue weighted by Crippen LogP contribution is -2.39. The van der Waals surface area contributed by atoms with Crippen LogP contribution in [0.5, 0.6) is 0 Å². The molecule has 1 N–H and O–H groups in total. The van der Waals surface area contributed by atoms with Gasteiger partial charge in [0.15, 0.2) is 0 Å². The number of hydrogen-bond acceptors (Lipinski definition) is 3. The van der Waals surface area contributed by atoms with E-state index in [1.165, 1.54) is 70.6 Å². The summed E-state index contributed by atoms with van der Waals surface area (Å²) in [6.45, 7) is 6.80. The van der Waals surface area contributed by atoms with Crippen LogP contribution in [-0.2, 0) is 19.4 Å². The van der Waals surface area contributed by atoms with Gasteiger partial charge in [-0.3, -0.25) is 4.90 Å². The summed E-state index contributed by atoms with van der Waals surface area (Å²) in [5.74, 6) is 0.280. The second kappa shape index (κ2) is 6.71. The van der Waals surface area contributed by atoms with Gasteiger partial charge in [0.1, 0.15) is 0 Å². The topological polar surface area (TPSA) is 33.1 Å². The molecule has 4 nitrogen and oxygen atoms in total. The Morgan fingerprint density at radius 3 is 2.94 bits per heavy atom. The predicted molar refractivity (Wildman–Crippen MR) is 129 cm³/mol. The van der Waals surface area contributed by atoms with Gasteiger partial charge in [-0.2, -0.15) is 5.10 Å². The van der Waals surface area contributed by atoms with Crippen molar-refractivity contribution in [1.82, 2.24) is 20.0 Å². The van der Waals surface area contributed by atoms with E-state index in [0.717, 1.165) is 32.0 Å². The van der Waals surface area contributed by atoms with Crippen molar-refractivity contribution in [3.63, 3.8) is 0 Å². The van der Waals surface area contributed by atoms with Crippen LogP contribution >= 0.6 is 0 Å². The number of allylic oxidation sites excluding steroid dienone is 2. The van der Waals surface area contributed by atoms with Gasteiger partial charge in [-0.25, -0.2) is 4.68 Å². The van der Waals surface area contributed by atoms with Crippen molar-refractivity contribution in [1.29, 1.82) is 0 Å². The number of aromatic nitrogens is 2. The maximum Gasteiger partial charge on any atom is 0.0780 e. The Kier molecular flexibility index (Phi) is 3.97. The molecule has 2 aliphatic carbocycles. The summed E-state index contributed by atoms with van der Waals surface area (Å²) < 4.78 is 2.35. The lowest BCUT2D eigenvalue weighted by molar-refractivity contribution is 0.180. The van der Waals surface area contributed by atoms with Gasteiger partial charge < -0.3 is 5.32 Å². The van der Waals surface area contributed by atoms with E-state index in [2.05, 4.69) is 71.4 Å². The van der Waals surface area contributed by atoms with Crippen LogP contribution in [0.3, 0.4) is 0 Å². The van der Waals surface area contributed by atoms with Gasteiger partial charge >= 0.3 is 0 Å². The smallest absolute Gasteiger partial charge is 0.0780 e. The maximum atomic E-state index is 5.30. The molecule has 4 heteroatoms. The Morgan fingerprint density at radius 1 is 1.22 bits per heavy atom. The van der Waals surface area contributed by atoms with Gasteiger partial charge in [0.2, 0.25) is 0 Å². The lowest BCUT2D eigenvalue weighted by atomic mass is 9.72. The maximum absolute atomic E-state index is 5.30. The fraction of sp³-hybridized carbons (Fsp3) is 0.464. The summed E-state index contributed by atoms with van der Waals surface area (Å²) in [5, 5.41) is 8.89. The molecule has 1 saturated carbocycles. The molecule has 164 valence electrons. The van der Waals surface area contributed by atoms with Crippen molar-refractivity contribution in [2.24, 2.45) is 0 Å². The van der Waals surface area contributed by atoms with Gasteiger partial charge in [0, 0.05) is 42.6 Å². The fourth-order valence-electron chi connectivity index (χ4n) is 6.98. The molecule has 1 aromatic carbocycles. The Bertz CT molecular complexity index is 1210. The van der Waals surface area contributed by atoms with Crippen LogP contribution in [0.1, 0.15) is 73.5 Å². The zero-order valence-electron chi connectivity index (χ0n) is 19.2.